The number of aliphatic hydroxyl groups excluding tert-OH is 2. The molecule has 0 spiro atoms. The van der Waals surface area contributed by atoms with Crippen LogP contribution in [0.5, 0.6) is 0 Å². The second-order valence-electron chi connectivity index (χ2n) is 3.43. The lowest BCUT2D eigenvalue weighted by Crippen LogP contribution is -2.29. The highest BCUT2D eigenvalue weighted by Gasteiger charge is 2.29. The van der Waals surface area contributed by atoms with E-state index in [2.05, 4.69) is 4.74 Å². The fourth-order valence-electron chi connectivity index (χ4n) is 1.36. The molecule has 3 N–H and O–H groups in total. The Morgan fingerprint density at radius 3 is 2.44 bits per heavy atom. The number of carbonyl (C=O) groups is 2. The molecular weight excluding hydrogens is 264 g/mol. The molecule has 1 rings (SSSR count). The van der Waals surface area contributed by atoms with Gasteiger partial charge in [0.25, 0.3) is 0 Å². The van der Waals surface area contributed by atoms with Crippen LogP contribution in [-0.2, 0) is 9.53 Å². The van der Waals surface area contributed by atoms with Crippen molar-refractivity contribution in [3.05, 3.63) is 34.3 Å². The molecule has 1 aromatic carbocycles. The minimum atomic E-state index is -1.84. The number of benzene rings is 1. The van der Waals surface area contributed by atoms with Crippen LogP contribution in [0.2, 0.25) is 5.02 Å². The highest BCUT2D eigenvalue weighted by Crippen LogP contribution is 2.28. The standard InChI is InChI=1S/C11H11ClO6/c1-18-11(17)9(14)8(13)5-3-2-4-6(7(5)12)10(15)16/h2-4,8-9,13-14H,1H3,(H,15,16). The minimum Gasteiger partial charge on any atom is -0.478 e. The first-order valence-corrected chi connectivity index (χ1v) is 5.23. The van der Waals surface area contributed by atoms with E-state index in [9.17, 15) is 19.8 Å². The van der Waals surface area contributed by atoms with Crippen LogP contribution in [0, 0.1) is 0 Å². The fourth-order valence-corrected chi connectivity index (χ4v) is 1.68. The predicted octanol–water partition coefficient (Wildman–Crippen LogP) is 0.606. The smallest absolute Gasteiger partial charge is 0.337 e. The van der Waals surface area contributed by atoms with E-state index in [-0.39, 0.29) is 16.1 Å². The molecule has 7 heteroatoms. The largest absolute Gasteiger partial charge is 0.478 e. The molecule has 0 radical (unpaired) electrons. The summed E-state index contributed by atoms with van der Waals surface area (Å²) in [6.07, 6.45) is -3.50. The molecule has 0 aliphatic rings. The summed E-state index contributed by atoms with van der Waals surface area (Å²) >= 11 is 5.79. The van der Waals surface area contributed by atoms with Crippen molar-refractivity contribution >= 4 is 23.5 Å². The van der Waals surface area contributed by atoms with Crippen LogP contribution in [0.15, 0.2) is 18.2 Å². The summed E-state index contributed by atoms with van der Waals surface area (Å²) in [5, 5.41) is 27.8. The molecule has 98 valence electrons. The maximum atomic E-state index is 11.1. The van der Waals surface area contributed by atoms with Gasteiger partial charge >= 0.3 is 11.9 Å². The van der Waals surface area contributed by atoms with E-state index in [0.717, 1.165) is 7.11 Å². The van der Waals surface area contributed by atoms with Gasteiger partial charge in [-0.05, 0) is 6.07 Å². The third kappa shape index (κ3) is 2.79. The first kappa shape index (κ1) is 14.4. The molecular formula is C11H11ClO6. The van der Waals surface area contributed by atoms with E-state index in [1.807, 2.05) is 0 Å². The number of carbonyl (C=O) groups excluding carboxylic acids is 1. The summed E-state index contributed by atoms with van der Waals surface area (Å²) in [5.74, 6) is -2.32. The third-order valence-electron chi connectivity index (χ3n) is 2.32. The maximum absolute atomic E-state index is 11.1. The average Bonchev–Trinajstić information content (AvgIpc) is 2.36. The first-order valence-electron chi connectivity index (χ1n) is 4.85. The molecule has 0 heterocycles. The maximum Gasteiger partial charge on any atom is 0.337 e. The number of carboxylic acids is 1. The summed E-state index contributed by atoms with van der Waals surface area (Å²) < 4.78 is 4.26. The Hall–Kier alpha value is -1.63. The van der Waals surface area contributed by atoms with Gasteiger partial charge in [0.2, 0.25) is 0 Å². The lowest BCUT2D eigenvalue weighted by molar-refractivity contribution is -0.156. The minimum absolute atomic E-state index is 0.0607. The van der Waals surface area contributed by atoms with Crippen LogP contribution >= 0.6 is 11.6 Å². The summed E-state index contributed by atoms with van der Waals surface area (Å²) in [6.45, 7) is 0. The van der Waals surface area contributed by atoms with E-state index in [0.29, 0.717) is 0 Å². The number of rotatable bonds is 4. The van der Waals surface area contributed by atoms with E-state index >= 15 is 0 Å². The number of aromatic carboxylic acids is 1. The number of halogens is 1. The Bertz CT molecular complexity index is 473. The van der Waals surface area contributed by atoms with E-state index in [1.165, 1.54) is 18.2 Å². The van der Waals surface area contributed by atoms with E-state index in [4.69, 9.17) is 16.7 Å². The molecule has 0 bridgehead atoms. The number of methoxy groups -OCH3 is 1. The predicted molar refractivity (Wildman–Crippen MR) is 61.4 cm³/mol. The van der Waals surface area contributed by atoms with Crippen molar-refractivity contribution < 1.29 is 29.6 Å². The molecule has 0 aliphatic heterocycles. The SMILES string of the molecule is COC(=O)C(O)C(O)c1cccc(C(=O)O)c1Cl. The van der Waals surface area contributed by atoms with Gasteiger partial charge < -0.3 is 20.1 Å². The molecule has 0 saturated carbocycles. The summed E-state index contributed by atoms with van der Waals surface area (Å²) in [6, 6.07) is 3.90. The van der Waals surface area contributed by atoms with Crippen molar-refractivity contribution in [3.8, 4) is 0 Å². The van der Waals surface area contributed by atoms with Crippen LogP contribution in [0.25, 0.3) is 0 Å². The number of esters is 1. The number of aliphatic hydroxyl groups is 2. The molecule has 2 unspecified atom stereocenters. The van der Waals surface area contributed by atoms with Gasteiger partial charge in [0.05, 0.1) is 17.7 Å². The summed E-state index contributed by atoms with van der Waals surface area (Å²) in [4.78, 5) is 21.9. The highest BCUT2D eigenvalue weighted by molar-refractivity contribution is 6.34. The fraction of sp³-hybridized carbons (Fsp3) is 0.273. The van der Waals surface area contributed by atoms with Gasteiger partial charge in [-0.15, -0.1) is 0 Å². The summed E-state index contributed by atoms with van der Waals surface area (Å²) in [7, 11) is 1.05. The molecule has 18 heavy (non-hydrogen) atoms. The normalized spacial score (nSPS) is 13.8. The van der Waals surface area contributed by atoms with Crippen LogP contribution in [0.1, 0.15) is 22.0 Å². The van der Waals surface area contributed by atoms with Crippen molar-refractivity contribution in [1.29, 1.82) is 0 Å². The Balaban J connectivity index is 3.14. The highest BCUT2D eigenvalue weighted by atomic mass is 35.5. The lowest BCUT2D eigenvalue weighted by atomic mass is 10.0. The summed E-state index contributed by atoms with van der Waals surface area (Å²) in [5.41, 5.74) is -0.292. The molecule has 0 aliphatic carbocycles. The zero-order valence-electron chi connectivity index (χ0n) is 9.33. The second kappa shape index (κ2) is 5.81. The molecule has 2 atom stereocenters. The number of ether oxygens (including phenoxy) is 1. The van der Waals surface area contributed by atoms with Crippen LogP contribution in [-0.4, -0.2) is 40.5 Å². The zero-order valence-corrected chi connectivity index (χ0v) is 10.1. The van der Waals surface area contributed by atoms with Gasteiger partial charge in [0, 0.05) is 5.56 Å². The van der Waals surface area contributed by atoms with Gasteiger partial charge in [0.1, 0.15) is 6.10 Å². The first-order chi connectivity index (χ1) is 8.40. The number of hydrogen-bond donors (Lipinski definition) is 3. The molecule has 6 nitrogen and oxygen atoms in total. The van der Waals surface area contributed by atoms with E-state index < -0.39 is 24.1 Å². The Morgan fingerprint density at radius 2 is 1.94 bits per heavy atom. The van der Waals surface area contributed by atoms with Gasteiger partial charge in [0.15, 0.2) is 6.10 Å². The Kier molecular flexibility index (Phi) is 4.66. The van der Waals surface area contributed by atoms with Gasteiger partial charge in [-0.1, -0.05) is 23.7 Å². The molecule has 0 saturated heterocycles. The number of hydrogen-bond acceptors (Lipinski definition) is 5. The molecule has 0 fully saturated rings. The topological polar surface area (TPSA) is 104 Å². The van der Waals surface area contributed by atoms with Gasteiger partial charge in [-0.25, -0.2) is 9.59 Å². The van der Waals surface area contributed by atoms with Crippen LogP contribution in [0.4, 0.5) is 0 Å². The average molecular weight is 275 g/mol. The molecule has 0 aromatic heterocycles. The Labute approximate surface area is 107 Å². The second-order valence-corrected chi connectivity index (χ2v) is 3.80. The third-order valence-corrected chi connectivity index (χ3v) is 2.74. The van der Waals surface area contributed by atoms with Crippen molar-refractivity contribution in [1.82, 2.24) is 0 Å². The quantitative estimate of drug-likeness (QED) is 0.695. The Morgan fingerprint density at radius 1 is 1.33 bits per heavy atom. The van der Waals surface area contributed by atoms with Crippen molar-refractivity contribution in [2.24, 2.45) is 0 Å². The van der Waals surface area contributed by atoms with Gasteiger partial charge in [-0.3, -0.25) is 0 Å². The van der Waals surface area contributed by atoms with Crippen LogP contribution < -0.4 is 0 Å². The van der Waals surface area contributed by atoms with Crippen molar-refractivity contribution in [2.75, 3.05) is 7.11 Å². The van der Waals surface area contributed by atoms with E-state index in [1.54, 1.807) is 0 Å². The zero-order chi connectivity index (χ0) is 13.9. The van der Waals surface area contributed by atoms with Crippen molar-refractivity contribution in [2.45, 2.75) is 12.2 Å². The number of carboxylic acid groups (broad SMARTS) is 1. The molecule has 1 aromatic rings. The lowest BCUT2D eigenvalue weighted by Gasteiger charge is -2.17. The molecule has 0 amide bonds. The van der Waals surface area contributed by atoms with Crippen molar-refractivity contribution in [3.63, 3.8) is 0 Å². The van der Waals surface area contributed by atoms with Crippen LogP contribution in [0.3, 0.4) is 0 Å². The monoisotopic (exact) mass is 274 g/mol. The van der Waals surface area contributed by atoms with Gasteiger partial charge in [-0.2, -0.15) is 0 Å².